The fourth-order valence-electron chi connectivity index (χ4n) is 3.30. The first-order valence-electron chi connectivity index (χ1n) is 11.2. The number of amides is 2. The van der Waals surface area contributed by atoms with Crippen LogP contribution >= 0.6 is 0 Å². The number of hydrogen-bond acceptors (Lipinski definition) is 6. The Morgan fingerprint density at radius 3 is 2.21 bits per heavy atom. The highest BCUT2D eigenvalue weighted by Crippen LogP contribution is 2.22. The van der Waals surface area contributed by atoms with Gasteiger partial charge in [-0.3, -0.25) is 9.79 Å². The fraction of sp³-hybridized carbons (Fsp3) is 0.520. The molecular weight excluding hydrogens is 434 g/mol. The van der Waals surface area contributed by atoms with Gasteiger partial charge in [-0.25, -0.2) is 4.79 Å². The van der Waals surface area contributed by atoms with Gasteiger partial charge in [0.1, 0.15) is 5.60 Å². The Morgan fingerprint density at radius 1 is 1.12 bits per heavy atom. The third-order valence-electron chi connectivity index (χ3n) is 4.78. The Kier molecular flexibility index (Phi) is 10.3. The van der Waals surface area contributed by atoms with Crippen molar-refractivity contribution in [3.8, 4) is 0 Å². The van der Waals surface area contributed by atoms with Gasteiger partial charge in [0, 0.05) is 50.0 Å². The molecule has 0 atom stereocenters. The Morgan fingerprint density at radius 2 is 1.71 bits per heavy atom. The van der Waals surface area contributed by atoms with Crippen molar-refractivity contribution in [1.29, 1.82) is 0 Å². The standard InChI is InChI=1S/C22H29N5O4.C2H6.CH4/c1-6-17-18(24-5)25-19(30-17)14-11-15(13-16(23)12-14)20(28)26-7-9-27(10-8-26)21(29)31-22(2,3)4;1-2;/h6,11-13H,7-10,23H2,1-5H3;1-2H3;1H4/b17-6+,24-18?;;. The van der Waals surface area contributed by atoms with Gasteiger partial charge in [-0.15, -0.1) is 0 Å². The van der Waals surface area contributed by atoms with Gasteiger partial charge in [0.25, 0.3) is 5.91 Å². The minimum absolute atomic E-state index is 0. The van der Waals surface area contributed by atoms with Crippen LogP contribution in [0.1, 0.15) is 64.9 Å². The summed E-state index contributed by atoms with van der Waals surface area (Å²) in [6.07, 6.45) is 1.41. The molecule has 0 unspecified atom stereocenters. The molecule has 9 heteroatoms. The van der Waals surface area contributed by atoms with Gasteiger partial charge < -0.3 is 25.0 Å². The minimum Gasteiger partial charge on any atom is -0.444 e. The molecule has 188 valence electrons. The van der Waals surface area contributed by atoms with E-state index in [4.69, 9.17) is 15.2 Å². The van der Waals surface area contributed by atoms with Gasteiger partial charge in [0.05, 0.1) is 0 Å². The number of nitrogens with two attached hydrogens (primary N) is 1. The first-order valence-corrected chi connectivity index (χ1v) is 11.2. The number of ether oxygens (including phenoxy) is 2. The number of anilines is 1. The van der Waals surface area contributed by atoms with E-state index in [1.165, 1.54) is 0 Å². The minimum atomic E-state index is -0.553. The first kappa shape index (κ1) is 28.7. The van der Waals surface area contributed by atoms with E-state index in [2.05, 4.69) is 9.98 Å². The normalized spacial score (nSPS) is 17.9. The van der Waals surface area contributed by atoms with Crippen molar-refractivity contribution in [2.75, 3.05) is 39.0 Å². The topological polar surface area (TPSA) is 110 Å². The Balaban J connectivity index is 0.00000188. The number of amidine groups is 1. The van der Waals surface area contributed by atoms with Crippen molar-refractivity contribution in [3.63, 3.8) is 0 Å². The molecule has 0 aliphatic carbocycles. The van der Waals surface area contributed by atoms with E-state index >= 15 is 0 Å². The number of nitrogens with zero attached hydrogens (tertiary/aromatic N) is 4. The molecule has 0 saturated carbocycles. The maximum Gasteiger partial charge on any atom is 0.410 e. The van der Waals surface area contributed by atoms with Crippen LogP contribution in [-0.2, 0) is 9.47 Å². The van der Waals surface area contributed by atoms with Crippen LogP contribution in [0.5, 0.6) is 0 Å². The maximum atomic E-state index is 13.1. The Labute approximate surface area is 203 Å². The summed E-state index contributed by atoms with van der Waals surface area (Å²) < 4.78 is 11.2. The predicted molar refractivity (Wildman–Crippen MR) is 137 cm³/mol. The van der Waals surface area contributed by atoms with Crippen molar-refractivity contribution < 1.29 is 19.1 Å². The lowest BCUT2D eigenvalue weighted by Crippen LogP contribution is -2.51. The highest BCUT2D eigenvalue weighted by Gasteiger charge is 2.29. The molecule has 1 saturated heterocycles. The molecule has 3 rings (SSSR count). The lowest BCUT2D eigenvalue weighted by Gasteiger charge is -2.35. The molecule has 1 fully saturated rings. The summed E-state index contributed by atoms with van der Waals surface area (Å²) in [6, 6.07) is 5.05. The van der Waals surface area contributed by atoms with Crippen LogP contribution < -0.4 is 5.73 Å². The molecule has 1 aromatic rings. The monoisotopic (exact) mass is 473 g/mol. The zero-order valence-electron chi connectivity index (χ0n) is 20.6. The molecule has 1 aromatic carbocycles. The number of carbonyl (C=O) groups excluding carboxylic acids is 2. The second kappa shape index (κ2) is 12.2. The smallest absolute Gasteiger partial charge is 0.410 e. The number of piperazine rings is 1. The van der Waals surface area contributed by atoms with Crippen LogP contribution in [0.25, 0.3) is 0 Å². The van der Waals surface area contributed by atoms with Gasteiger partial charge in [-0.1, -0.05) is 21.3 Å². The number of aliphatic imine (C=N–C) groups is 2. The Hall–Kier alpha value is -3.36. The summed E-state index contributed by atoms with van der Waals surface area (Å²) in [5, 5.41) is 0. The molecule has 0 aromatic heterocycles. The summed E-state index contributed by atoms with van der Waals surface area (Å²) in [4.78, 5) is 37.1. The highest BCUT2D eigenvalue weighted by atomic mass is 16.6. The van der Waals surface area contributed by atoms with Crippen LogP contribution in [0, 0.1) is 0 Å². The van der Waals surface area contributed by atoms with Crippen LogP contribution in [0.4, 0.5) is 10.5 Å². The number of carbonyl (C=O) groups is 2. The van der Waals surface area contributed by atoms with Crippen molar-refractivity contribution in [2.24, 2.45) is 9.98 Å². The fourth-order valence-corrected chi connectivity index (χ4v) is 3.30. The first-order chi connectivity index (χ1) is 15.6. The quantitative estimate of drug-likeness (QED) is 0.643. The predicted octanol–water partition coefficient (Wildman–Crippen LogP) is 4.33. The lowest BCUT2D eigenvalue weighted by atomic mass is 10.1. The molecular formula is C25H39N5O4. The van der Waals surface area contributed by atoms with E-state index in [1.54, 1.807) is 41.1 Å². The van der Waals surface area contributed by atoms with Crippen molar-refractivity contribution in [3.05, 3.63) is 41.2 Å². The summed E-state index contributed by atoms with van der Waals surface area (Å²) in [7, 11) is 1.64. The van der Waals surface area contributed by atoms with Crippen molar-refractivity contribution >= 4 is 29.4 Å². The zero-order chi connectivity index (χ0) is 24.8. The number of hydrogen-bond donors (Lipinski definition) is 1. The van der Waals surface area contributed by atoms with Gasteiger partial charge >= 0.3 is 6.09 Å². The highest BCUT2D eigenvalue weighted by molar-refractivity contribution is 6.15. The summed E-state index contributed by atoms with van der Waals surface area (Å²) in [6.45, 7) is 13.0. The second-order valence-corrected chi connectivity index (χ2v) is 8.32. The van der Waals surface area contributed by atoms with Gasteiger partial charge in [-0.05, 0) is 52.0 Å². The summed E-state index contributed by atoms with van der Waals surface area (Å²) in [5.41, 5.74) is 6.98. The molecule has 2 heterocycles. The second-order valence-electron chi connectivity index (χ2n) is 8.32. The van der Waals surface area contributed by atoms with Crippen LogP contribution in [0.3, 0.4) is 0 Å². The molecule has 9 nitrogen and oxygen atoms in total. The molecule has 2 aliphatic rings. The number of allylic oxidation sites excluding steroid dienone is 1. The van der Waals surface area contributed by atoms with Crippen LogP contribution in [-0.4, -0.2) is 72.4 Å². The molecule has 2 aliphatic heterocycles. The largest absolute Gasteiger partial charge is 0.444 e. The van der Waals surface area contributed by atoms with Gasteiger partial charge in [-0.2, -0.15) is 4.99 Å². The van der Waals surface area contributed by atoms with Crippen LogP contribution in [0.2, 0.25) is 0 Å². The number of benzene rings is 1. The molecule has 2 N–H and O–H groups in total. The average Bonchev–Trinajstić information content (AvgIpc) is 3.22. The van der Waals surface area contributed by atoms with Crippen molar-refractivity contribution in [2.45, 2.75) is 54.6 Å². The molecule has 0 radical (unpaired) electrons. The molecule has 2 amide bonds. The van der Waals surface area contributed by atoms with E-state index in [1.807, 2.05) is 41.5 Å². The van der Waals surface area contributed by atoms with Gasteiger partial charge in [0.2, 0.25) is 5.90 Å². The Bertz CT molecular complexity index is 968. The average molecular weight is 474 g/mol. The third kappa shape index (κ3) is 7.07. The van der Waals surface area contributed by atoms with E-state index in [0.29, 0.717) is 60.5 Å². The lowest BCUT2D eigenvalue weighted by molar-refractivity contribution is 0.0141. The van der Waals surface area contributed by atoms with E-state index in [-0.39, 0.29) is 19.4 Å². The molecule has 34 heavy (non-hydrogen) atoms. The van der Waals surface area contributed by atoms with E-state index < -0.39 is 5.60 Å². The number of nitrogen functional groups attached to an aromatic ring is 1. The molecule has 0 bridgehead atoms. The zero-order valence-corrected chi connectivity index (χ0v) is 20.6. The third-order valence-corrected chi connectivity index (χ3v) is 4.78. The van der Waals surface area contributed by atoms with Crippen molar-refractivity contribution in [1.82, 2.24) is 9.80 Å². The number of rotatable bonds is 2. The van der Waals surface area contributed by atoms with E-state index in [0.717, 1.165) is 0 Å². The summed E-state index contributed by atoms with van der Waals surface area (Å²) >= 11 is 0. The molecule has 0 spiro atoms. The SMILES string of the molecule is C.C/C=C1/OC(c2cc(N)cc(C(=O)N3CCN(C(=O)OC(C)(C)C)CC3)c2)=NC1=NC.CC. The van der Waals surface area contributed by atoms with Gasteiger partial charge in [0.15, 0.2) is 11.6 Å². The van der Waals surface area contributed by atoms with Crippen LogP contribution in [0.15, 0.2) is 40.0 Å². The maximum absolute atomic E-state index is 13.1. The van der Waals surface area contributed by atoms with E-state index in [9.17, 15) is 9.59 Å². The summed E-state index contributed by atoms with van der Waals surface area (Å²) in [5.74, 6) is 1.24.